The first-order valence-corrected chi connectivity index (χ1v) is 7.18. The number of likely N-dealkylation sites (N-methyl/N-ethyl adjacent to an activating group) is 1. The summed E-state index contributed by atoms with van der Waals surface area (Å²) in [5.74, 6) is 0.220. The van der Waals surface area contributed by atoms with Crippen LogP contribution in [0.5, 0.6) is 0 Å². The van der Waals surface area contributed by atoms with E-state index >= 15 is 0 Å². The Balaban J connectivity index is 3.08. The summed E-state index contributed by atoms with van der Waals surface area (Å²) in [5, 5.41) is 3.03. The van der Waals surface area contributed by atoms with Crippen molar-refractivity contribution in [1.29, 1.82) is 0 Å². The molecule has 0 heterocycles. The molecule has 0 aromatic heterocycles. The van der Waals surface area contributed by atoms with Gasteiger partial charge in [0.1, 0.15) is 0 Å². The molecule has 114 valence electrons. The van der Waals surface area contributed by atoms with E-state index in [2.05, 4.69) is 21.2 Å². The molecule has 0 aliphatic heterocycles. The van der Waals surface area contributed by atoms with Crippen molar-refractivity contribution >= 4 is 21.6 Å². The molecule has 2 nitrogen and oxygen atoms in total. The third kappa shape index (κ3) is 4.98. The van der Waals surface area contributed by atoms with Crippen molar-refractivity contribution in [2.24, 2.45) is 5.92 Å². The van der Waals surface area contributed by atoms with E-state index in [4.69, 9.17) is 0 Å². The van der Waals surface area contributed by atoms with Crippen molar-refractivity contribution in [2.75, 3.05) is 26.0 Å². The summed E-state index contributed by atoms with van der Waals surface area (Å²) in [6.07, 6.45) is -4.36. The van der Waals surface area contributed by atoms with Gasteiger partial charge in [0, 0.05) is 22.7 Å². The summed E-state index contributed by atoms with van der Waals surface area (Å²) < 4.78 is 39.7. The number of anilines is 1. The molecule has 0 radical (unpaired) electrons. The smallest absolute Gasteiger partial charge is 0.380 e. The molecule has 0 saturated carbocycles. The van der Waals surface area contributed by atoms with E-state index in [-0.39, 0.29) is 17.6 Å². The number of halogens is 4. The van der Waals surface area contributed by atoms with E-state index in [1.807, 2.05) is 32.8 Å². The maximum absolute atomic E-state index is 13.0. The highest BCUT2D eigenvalue weighted by Gasteiger charge is 2.34. The first-order valence-electron chi connectivity index (χ1n) is 6.39. The minimum absolute atomic E-state index is 0.0552. The van der Waals surface area contributed by atoms with Gasteiger partial charge in [0.15, 0.2) is 0 Å². The first kappa shape index (κ1) is 17.3. The summed E-state index contributed by atoms with van der Waals surface area (Å²) in [5.41, 5.74) is -0.516. The standard InChI is InChI=1S/C14H20BrF3N2/c1-9(2)13(8-20(3)4)19-12-7-10(15)5-6-11(12)14(16,17)18/h5-7,9,13,19H,8H2,1-4H3. The van der Waals surface area contributed by atoms with Gasteiger partial charge in [-0.15, -0.1) is 0 Å². The maximum Gasteiger partial charge on any atom is 0.418 e. The van der Waals surface area contributed by atoms with Crippen molar-refractivity contribution in [1.82, 2.24) is 4.90 Å². The van der Waals surface area contributed by atoms with Crippen LogP contribution in [0.25, 0.3) is 0 Å². The van der Waals surface area contributed by atoms with Gasteiger partial charge >= 0.3 is 6.18 Å². The third-order valence-electron chi connectivity index (χ3n) is 2.99. The Kier molecular flexibility index (Phi) is 5.89. The van der Waals surface area contributed by atoms with Gasteiger partial charge in [0.2, 0.25) is 0 Å². The second kappa shape index (κ2) is 6.80. The van der Waals surface area contributed by atoms with Crippen LogP contribution in [0.15, 0.2) is 22.7 Å². The fourth-order valence-electron chi connectivity index (χ4n) is 1.90. The number of hydrogen-bond acceptors (Lipinski definition) is 2. The first-order chi connectivity index (χ1) is 9.11. The van der Waals surface area contributed by atoms with Crippen LogP contribution in [-0.2, 0) is 6.18 Å². The number of hydrogen-bond donors (Lipinski definition) is 1. The molecule has 0 amide bonds. The molecule has 0 aliphatic carbocycles. The number of alkyl halides is 3. The zero-order valence-corrected chi connectivity index (χ0v) is 13.6. The minimum atomic E-state index is -4.36. The monoisotopic (exact) mass is 352 g/mol. The Morgan fingerprint density at radius 2 is 1.85 bits per heavy atom. The van der Waals surface area contributed by atoms with Crippen LogP contribution < -0.4 is 5.32 Å². The lowest BCUT2D eigenvalue weighted by atomic mass is 10.0. The van der Waals surface area contributed by atoms with Gasteiger partial charge < -0.3 is 10.2 Å². The minimum Gasteiger partial charge on any atom is -0.380 e. The van der Waals surface area contributed by atoms with Gasteiger partial charge in [-0.05, 0) is 38.2 Å². The second-order valence-electron chi connectivity index (χ2n) is 5.44. The predicted molar refractivity (Wildman–Crippen MR) is 79.9 cm³/mol. The highest BCUT2D eigenvalue weighted by Crippen LogP contribution is 2.36. The van der Waals surface area contributed by atoms with E-state index in [9.17, 15) is 13.2 Å². The molecule has 0 fully saturated rings. The molecule has 1 rings (SSSR count). The number of nitrogens with one attached hydrogen (secondary N) is 1. The van der Waals surface area contributed by atoms with Crippen LogP contribution in [0.4, 0.5) is 18.9 Å². The topological polar surface area (TPSA) is 15.3 Å². The van der Waals surface area contributed by atoms with Gasteiger partial charge in [0.25, 0.3) is 0 Å². The highest BCUT2D eigenvalue weighted by molar-refractivity contribution is 9.10. The Morgan fingerprint density at radius 1 is 1.25 bits per heavy atom. The quantitative estimate of drug-likeness (QED) is 0.841. The number of nitrogens with zero attached hydrogens (tertiary/aromatic N) is 1. The van der Waals surface area contributed by atoms with Gasteiger partial charge in [0.05, 0.1) is 5.56 Å². The van der Waals surface area contributed by atoms with E-state index in [1.54, 1.807) is 0 Å². The molecule has 1 unspecified atom stereocenters. The zero-order valence-electron chi connectivity index (χ0n) is 12.1. The molecule has 0 spiro atoms. The SMILES string of the molecule is CC(C)C(CN(C)C)Nc1cc(Br)ccc1C(F)(F)F. The summed E-state index contributed by atoms with van der Waals surface area (Å²) >= 11 is 3.22. The lowest BCUT2D eigenvalue weighted by Crippen LogP contribution is -2.37. The van der Waals surface area contributed by atoms with E-state index in [0.717, 1.165) is 6.07 Å². The van der Waals surface area contributed by atoms with E-state index < -0.39 is 11.7 Å². The summed E-state index contributed by atoms with van der Waals surface area (Å²) in [7, 11) is 3.81. The van der Waals surface area contributed by atoms with Crippen LogP contribution >= 0.6 is 15.9 Å². The normalized spacial score (nSPS) is 13.9. The second-order valence-corrected chi connectivity index (χ2v) is 6.36. The fourth-order valence-corrected chi connectivity index (χ4v) is 2.26. The molecule has 1 aromatic carbocycles. The molecule has 1 N–H and O–H groups in total. The molecule has 0 saturated heterocycles. The number of rotatable bonds is 5. The Hall–Kier alpha value is -0.750. The zero-order chi connectivity index (χ0) is 15.5. The Labute approximate surface area is 126 Å². The van der Waals surface area contributed by atoms with Gasteiger partial charge in [-0.25, -0.2) is 0 Å². The summed E-state index contributed by atoms with van der Waals surface area (Å²) in [4.78, 5) is 1.96. The van der Waals surface area contributed by atoms with Gasteiger partial charge in [-0.1, -0.05) is 29.8 Å². The van der Waals surface area contributed by atoms with E-state index in [1.165, 1.54) is 12.1 Å². The van der Waals surface area contributed by atoms with Crippen LogP contribution in [0.3, 0.4) is 0 Å². The molecule has 1 aromatic rings. The summed E-state index contributed by atoms with van der Waals surface area (Å²) in [6, 6.07) is 3.93. The van der Waals surface area contributed by atoms with Crippen LogP contribution in [0.1, 0.15) is 19.4 Å². The van der Waals surface area contributed by atoms with Crippen molar-refractivity contribution < 1.29 is 13.2 Å². The van der Waals surface area contributed by atoms with Crippen molar-refractivity contribution in [2.45, 2.75) is 26.1 Å². The molecule has 0 aliphatic rings. The van der Waals surface area contributed by atoms with Crippen LogP contribution in [-0.4, -0.2) is 31.6 Å². The van der Waals surface area contributed by atoms with Crippen LogP contribution in [0.2, 0.25) is 0 Å². The molecule has 1 atom stereocenters. The molecule has 6 heteroatoms. The van der Waals surface area contributed by atoms with Crippen molar-refractivity contribution in [3.05, 3.63) is 28.2 Å². The van der Waals surface area contributed by atoms with Gasteiger partial charge in [-0.2, -0.15) is 13.2 Å². The van der Waals surface area contributed by atoms with E-state index in [0.29, 0.717) is 11.0 Å². The Morgan fingerprint density at radius 3 is 2.30 bits per heavy atom. The van der Waals surface area contributed by atoms with Crippen LogP contribution in [0, 0.1) is 5.92 Å². The molecule has 0 bridgehead atoms. The maximum atomic E-state index is 13.0. The molecular formula is C14H20BrF3N2. The van der Waals surface area contributed by atoms with Gasteiger partial charge in [-0.3, -0.25) is 0 Å². The molecular weight excluding hydrogens is 333 g/mol. The lowest BCUT2D eigenvalue weighted by Gasteiger charge is -2.28. The fraction of sp³-hybridized carbons (Fsp3) is 0.571. The largest absolute Gasteiger partial charge is 0.418 e. The highest BCUT2D eigenvalue weighted by atomic mass is 79.9. The van der Waals surface area contributed by atoms with Crippen molar-refractivity contribution in [3.8, 4) is 0 Å². The third-order valence-corrected chi connectivity index (χ3v) is 3.49. The molecule has 20 heavy (non-hydrogen) atoms. The van der Waals surface area contributed by atoms with Crippen molar-refractivity contribution in [3.63, 3.8) is 0 Å². The Bertz CT molecular complexity index is 445. The number of benzene rings is 1. The predicted octanol–water partition coefficient (Wildman–Crippen LogP) is 4.47. The summed E-state index contributed by atoms with van der Waals surface area (Å²) in [6.45, 7) is 4.65. The average molecular weight is 353 g/mol. The lowest BCUT2D eigenvalue weighted by molar-refractivity contribution is -0.137. The average Bonchev–Trinajstić information content (AvgIpc) is 2.25.